The van der Waals surface area contributed by atoms with Crippen LogP contribution in [0.5, 0.6) is 0 Å². The summed E-state index contributed by atoms with van der Waals surface area (Å²) in [5.74, 6) is 0.711. The van der Waals surface area contributed by atoms with Crippen molar-refractivity contribution in [2.75, 3.05) is 37.3 Å². The van der Waals surface area contributed by atoms with Gasteiger partial charge in [-0.2, -0.15) is 0 Å². The van der Waals surface area contributed by atoms with Crippen LogP contribution in [0.2, 0.25) is 5.02 Å². The molecular formula is C18H29ClN4O2S. The summed E-state index contributed by atoms with van der Waals surface area (Å²) in [6.45, 7) is 7.29. The Bertz CT molecular complexity index is 744. The molecule has 1 fully saturated rings. The number of hydrogen-bond donors (Lipinski definition) is 2. The number of nitrogens with one attached hydrogen (secondary N) is 2. The molecule has 1 heterocycles. The molecule has 1 unspecified atom stereocenters. The van der Waals surface area contributed by atoms with Gasteiger partial charge in [0.1, 0.15) is 0 Å². The molecular weight excluding hydrogens is 372 g/mol. The third-order valence-electron chi connectivity index (χ3n) is 4.52. The molecule has 8 heteroatoms. The maximum atomic E-state index is 12.2. The quantitative estimate of drug-likeness (QED) is 0.586. The molecule has 2 N–H and O–H groups in total. The van der Waals surface area contributed by atoms with E-state index in [2.05, 4.69) is 26.6 Å². The molecule has 6 nitrogen and oxygen atoms in total. The number of rotatable bonds is 5. The predicted octanol–water partition coefficient (Wildman–Crippen LogP) is 2.30. The largest absolute Gasteiger partial charge is 0.369 e. The Labute approximate surface area is 161 Å². The molecule has 1 aliphatic heterocycles. The molecule has 1 aromatic rings. The predicted molar refractivity (Wildman–Crippen MR) is 110 cm³/mol. The minimum atomic E-state index is -3.14. The third-order valence-corrected chi connectivity index (χ3v) is 7.37. The molecule has 146 valence electrons. The first-order chi connectivity index (χ1) is 12.1. The van der Waals surface area contributed by atoms with Crippen LogP contribution in [-0.4, -0.2) is 57.6 Å². The maximum absolute atomic E-state index is 12.2. The number of benzene rings is 1. The Morgan fingerprint density at radius 2 is 2.12 bits per heavy atom. The van der Waals surface area contributed by atoms with Gasteiger partial charge in [0.05, 0.1) is 10.5 Å². The van der Waals surface area contributed by atoms with Crippen LogP contribution in [0.3, 0.4) is 0 Å². The van der Waals surface area contributed by atoms with Gasteiger partial charge in [0.25, 0.3) is 0 Å². The van der Waals surface area contributed by atoms with Gasteiger partial charge in [-0.3, -0.25) is 4.99 Å². The van der Waals surface area contributed by atoms with Crippen molar-refractivity contribution < 1.29 is 8.42 Å². The Kier molecular flexibility index (Phi) is 6.80. The Hall–Kier alpha value is -1.47. The van der Waals surface area contributed by atoms with Gasteiger partial charge in [-0.1, -0.05) is 17.7 Å². The van der Waals surface area contributed by atoms with Crippen molar-refractivity contribution in [1.29, 1.82) is 0 Å². The first-order valence-electron chi connectivity index (χ1n) is 8.82. The fourth-order valence-electron chi connectivity index (χ4n) is 2.78. The van der Waals surface area contributed by atoms with E-state index in [0.29, 0.717) is 12.5 Å². The summed E-state index contributed by atoms with van der Waals surface area (Å²) in [4.78, 5) is 6.48. The lowest BCUT2D eigenvalue weighted by molar-refractivity contribution is 0.558. The van der Waals surface area contributed by atoms with Crippen molar-refractivity contribution in [3.8, 4) is 0 Å². The molecule has 1 saturated heterocycles. The molecule has 0 radical (unpaired) electrons. The van der Waals surface area contributed by atoms with Crippen molar-refractivity contribution in [3.63, 3.8) is 0 Å². The van der Waals surface area contributed by atoms with E-state index in [1.807, 2.05) is 18.2 Å². The molecule has 0 aliphatic carbocycles. The van der Waals surface area contributed by atoms with Crippen LogP contribution in [0.15, 0.2) is 29.3 Å². The van der Waals surface area contributed by atoms with Crippen molar-refractivity contribution in [2.24, 2.45) is 4.99 Å². The van der Waals surface area contributed by atoms with Gasteiger partial charge in [0.15, 0.2) is 15.8 Å². The summed E-state index contributed by atoms with van der Waals surface area (Å²) in [6, 6.07) is 8.09. The minimum Gasteiger partial charge on any atom is -0.369 e. The second-order valence-corrected chi connectivity index (χ2v) is 10.8. The van der Waals surface area contributed by atoms with Gasteiger partial charge in [-0.25, -0.2) is 8.42 Å². The van der Waals surface area contributed by atoms with E-state index in [0.717, 1.165) is 30.2 Å². The van der Waals surface area contributed by atoms with Crippen LogP contribution in [0, 0.1) is 0 Å². The highest BCUT2D eigenvalue weighted by molar-refractivity contribution is 7.92. The second-order valence-electron chi connectivity index (χ2n) is 7.49. The summed E-state index contributed by atoms with van der Waals surface area (Å²) in [5.41, 5.74) is 1.11. The van der Waals surface area contributed by atoms with E-state index in [1.54, 1.807) is 27.8 Å². The number of sulfone groups is 1. The third kappa shape index (κ3) is 5.51. The van der Waals surface area contributed by atoms with Crippen molar-refractivity contribution in [3.05, 3.63) is 29.3 Å². The van der Waals surface area contributed by atoms with Crippen LogP contribution in [-0.2, 0) is 9.84 Å². The molecule has 26 heavy (non-hydrogen) atoms. The zero-order valence-electron chi connectivity index (χ0n) is 15.9. The molecule has 0 spiro atoms. The van der Waals surface area contributed by atoms with Gasteiger partial charge in [0, 0.05) is 43.4 Å². The second kappa shape index (κ2) is 8.48. The number of nitrogens with zero attached hydrogens (tertiary/aromatic N) is 2. The molecule has 0 bridgehead atoms. The average molecular weight is 401 g/mol. The van der Waals surface area contributed by atoms with Crippen LogP contribution in [0.4, 0.5) is 5.69 Å². The lowest BCUT2D eigenvalue weighted by Crippen LogP contribution is -2.46. The topological polar surface area (TPSA) is 73.8 Å². The van der Waals surface area contributed by atoms with Crippen molar-refractivity contribution in [2.45, 2.75) is 38.0 Å². The fraction of sp³-hybridized carbons (Fsp3) is 0.611. The number of hydrogen-bond acceptors (Lipinski definition) is 4. The molecule has 2 rings (SSSR count). The van der Waals surface area contributed by atoms with Gasteiger partial charge >= 0.3 is 0 Å². The van der Waals surface area contributed by atoms with Crippen LogP contribution in [0.25, 0.3) is 0 Å². The first kappa shape index (κ1) is 20.8. The molecule has 0 aromatic heterocycles. The first-order valence-corrected chi connectivity index (χ1v) is 10.9. The maximum Gasteiger partial charge on any atom is 0.191 e. The number of guanidine groups is 1. The number of aliphatic imine (C=N–C) groups is 1. The fourth-order valence-corrected chi connectivity index (χ4v) is 3.95. The lowest BCUT2D eigenvalue weighted by atomic mass is 10.3. The van der Waals surface area contributed by atoms with Gasteiger partial charge < -0.3 is 15.5 Å². The standard InChI is InChI=1S/C18H29ClN4O2S/c1-18(2,3)26(24,25)11-9-21-17(20-4)22-15-8-10-23(13-15)16-7-5-6-14(19)12-16/h5-7,12,15H,8-11,13H2,1-4H3,(H2,20,21,22). The summed E-state index contributed by atoms with van der Waals surface area (Å²) < 4.78 is 23.6. The van der Waals surface area contributed by atoms with E-state index in [9.17, 15) is 8.42 Å². The van der Waals surface area contributed by atoms with E-state index in [4.69, 9.17) is 11.6 Å². The SMILES string of the molecule is CN=C(NCCS(=O)(=O)C(C)(C)C)NC1CCN(c2cccc(Cl)c2)C1. The van der Waals surface area contributed by atoms with Crippen LogP contribution in [0.1, 0.15) is 27.2 Å². The highest BCUT2D eigenvalue weighted by Gasteiger charge is 2.28. The summed E-state index contributed by atoms with van der Waals surface area (Å²) in [5, 5.41) is 7.22. The van der Waals surface area contributed by atoms with Crippen LogP contribution >= 0.6 is 11.6 Å². The number of halogens is 1. The van der Waals surface area contributed by atoms with Gasteiger partial charge in [0.2, 0.25) is 0 Å². The van der Waals surface area contributed by atoms with E-state index >= 15 is 0 Å². The van der Waals surface area contributed by atoms with Crippen LogP contribution < -0.4 is 15.5 Å². The number of anilines is 1. The van der Waals surface area contributed by atoms with E-state index in [1.165, 1.54) is 0 Å². The highest BCUT2D eigenvalue weighted by atomic mass is 35.5. The van der Waals surface area contributed by atoms with Gasteiger partial charge in [-0.15, -0.1) is 0 Å². The Morgan fingerprint density at radius 3 is 2.73 bits per heavy atom. The zero-order chi connectivity index (χ0) is 19.4. The molecule has 1 atom stereocenters. The lowest BCUT2D eigenvalue weighted by Gasteiger charge is -2.22. The van der Waals surface area contributed by atoms with Gasteiger partial charge in [-0.05, 0) is 45.4 Å². The zero-order valence-corrected chi connectivity index (χ0v) is 17.5. The van der Waals surface area contributed by atoms with E-state index < -0.39 is 14.6 Å². The molecule has 1 aliphatic rings. The summed E-state index contributed by atoms with van der Waals surface area (Å²) in [7, 11) is -1.45. The normalized spacial score (nSPS) is 18.9. The highest BCUT2D eigenvalue weighted by Crippen LogP contribution is 2.23. The van der Waals surface area contributed by atoms with Crippen molar-refractivity contribution >= 4 is 33.1 Å². The van der Waals surface area contributed by atoms with Crippen molar-refractivity contribution in [1.82, 2.24) is 10.6 Å². The molecule has 1 aromatic carbocycles. The summed E-state index contributed by atoms with van der Waals surface area (Å²) >= 11 is 6.07. The molecule has 0 saturated carbocycles. The monoisotopic (exact) mass is 400 g/mol. The average Bonchev–Trinajstić information content (AvgIpc) is 3.01. The Balaban J connectivity index is 1.84. The Morgan fingerprint density at radius 1 is 1.38 bits per heavy atom. The van der Waals surface area contributed by atoms with E-state index in [-0.39, 0.29) is 11.8 Å². The molecule has 0 amide bonds. The smallest absolute Gasteiger partial charge is 0.191 e. The minimum absolute atomic E-state index is 0.0799. The summed E-state index contributed by atoms with van der Waals surface area (Å²) in [6.07, 6.45) is 0.980.